The predicted octanol–water partition coefficient (Wildman–Crippen LogP) is 6.57. The summed E-state index contributed by atoms with van der Waals surface area (Å²) >= 11 is 0. The molecule has 5 aromatic rings. The second-order valence-corrected chi connectivity index (χ2v) is 12.5. The highest BCUT2D eigenvalue weighted by molar-refractivity contribution is 6.15. The predicted molar refractivity (Wildman–Crippen MR) is 190 cm³/mol. The first-order valence-corrected chi connectivity index (χ1v) is 16.5. The highest BCUT2D eigenvalue weighted by atomic mass is 19.1. The molecule has 1 amide bonds. The number of benzene rings is 2. The highest BCUT2D eigenvalue weighted by Crippen LogP contribution is 2.32. The van der Waals surface area contributed by atoms with Gasteiger partial charge in [-0.05, 0) is 101 Å². The second-order valence-electron chi connectivity index (χ2n) is 12.5. The zero-order valence-electron chi connectivity index (χ0n) is 28.0. The van der Waals surface area contributed by atoms with Crippen LogP contribution in [0.5, 0.6) is 5.75 Å². The van der Waals surface area contributed by atoms with E-state index in [9.17, 15) is 9.18 Å². The quantitative estimate of drug-likeness (QED) is 0.149. The number of aryl methyl sites for hydroxylation is 1. The number of anilines is 1. The van der Waals surface area contributed by atoms with Crippen LogP contribution >= 0.6 is 0 Å². The number of aromatic nitrogens is 3. The molecule has 0 unspecified atom stereocenters. The van der Waals surface area contributed by atoms with Crippen molar-refractivity contribution >= 4 is 28.2 Å². The highest BCUT2D eigenvalue weighted by Gasteiger charge is 2.18. The van der Waals surface area contributed by atoms with E-state index in [1.165, 1.54) is 25.0 Å². The number of carbonyl (C=O) groups is 1. The summed E-state index contributed by atoms with van der Waals surface area (Å²) < 4.78 is 20.9. The minimum Gasteiger partial charge on any atom is -0.492 e. The van der Waals surface area contributed by atoms with E-state index < -0.39 is 0 Å². The number of amides is 1. The molecule has 0 aliphatic carbocycles. The minimum atomic E-state index is -0.366. The number of H-pyrrole nitrogens is 1. The lowest BCUT2D eigenvalue weighted by Gasteiger charge is -2.15. The average Bonchev–Trinajstić information content (AvgIpc) is 3.74. The van der Waals surface area contributed by atoms with Gasteiger partial charge in [-0.25, -0.2) is 4.39 Å². The fourth-order valence-corrected chi connectivity index (χ4v) is 6.18. The van der Waals surface area contributed by atoms with Crippen molar-refractivity contribution in [3.05, 3.63) is 95.8 Å². The Morgan fingerprint density at radius 3 is 2.67 bits per heavy atom. The zero-order chi connectivity index (χ0) is 33.6. The summed E-state index contributed by atoms with van der Waals surface area (Å²) in [5, 5.41) is 3.79. The summed E-state index contributed by atoms with van der Waals surface area (Å²) in [5.74, 6) is 0.0260. The fraction of sp³-hybridized carbons (Fsp3) is 0.316. The van der Waals surface area contributed by atoms with E-state index in [-0.39, 0.29) is 18.3 Å². The molecule has 0 radical (unpaired) electrons. The van der Waals surface area contributed by atoms with Crippen molar-refractivity contribution in [2.24, 2.45) is 4.99 Å². The minimum absolute atomic E-state index is 0.104. The van der Waals surface area contributed by atoms with Gasteiger partial charge in [-0.3, -0.25) is 24.7 Å². The molecular weight excluding hydrogens is 605 g/mol. The van der Waals surface area contributed by atoms with E-state index in [1.54, 1.807) is 18.6 Å². The van der Waals surface area contributed by atoms with Gasteiger partial charge in [-0.15, -0.1) is 0 Å². The topological polar surface area (TPSA) is 98.7 Å². The van der Waals surface area contributed by atoms with Gasteiger partial charge in [0.25, 0.3) is 0 Å². The van der Waals surface area contributed by atoms with Crippen LogP contribution in [-0.4, -0.2) is 89.8 Å². The standard InChI is InChI=1S/C38H42FN7O2/c1-5-41-38(32-19-26(9-8-25(32)2)28-17-30(23-40-22-28)43-36(47)24-45(3)4)35-21-33-34(44-35)10-11-42-37(33)27-16-29(39)20-31(18-27)48-15-14-46-12-6-7-13-46/h8-11,16-23,44H,5-7,12-15,24H2,1-4H3,(H,43,47). The lowest BCUT2D eigenvalue weighted by atomic mass is 9.96. The number of carbonyl (C=O) groups excluding carboxylic acids is 1. The van der Waals surface area contributed by atoms with E-state index in [0.29, 0.717) is 35.8 Å². The van der Waals surface area contributed by atoms with Gasteiger partial charge in [0.1, 0.15) is 18.2 Å². The van der Waals surface area contributed by atoms with Crippen molar-refractivity contribution in [3.8, 4) is 28.1 Å². The SMILES string of the molecule is CCN=C(c1cc2c(-c3cc(F)cc(OCCN4CCCC4)c3)nccc2[nH]1)c1cc(-c2cncc(NC(=O)CN(C)C)c2)ccc1C. The van der Waals surface area contributed by atoms with Gasteiger partial charge in [-0.2, -0.15) is 0 Å². The van der Waals surface area contributed by atoms with Crippen LogP contribution in [-0.2, 0) is 4.79 Å². The number of hydrogen-bond acceptors (Lipinski definition) is 7. The van der Waals surface area contributed by atoms with Crippen LogP contribution in [0.15, 0.2) is 78.2 Å². The van der Waals surface area contributed by atoms with E-state index in [0.717, 1.165) is 64.2 Å². The first-order valence-electron chi connectivity index (χ1n) is 16.5. The van der Waals surface area contributed by atoms with Crippen LogP contribution in [0.2, 0.25) is 0 Å². The van der Waals surface area contributed by atoms with Gasteiger partial charge in [0, 0.05) is 59.1 Å². The Morgan fingerprint density at radius 2 is 1.88 bits per heavy atom. The van der Waals surface area contributed by atoms with Crippen molar-refractivity contribution in [3.63, 3.8) is 0 Å². The fourth-order valence-electron chi connectivity index (χ4n) is 6.18. The number of likely N-dealkylation sites (tertiary alicyclic amines) is 1. The Kier molecular flexibility index (Phi) is 10.2. The van der Waals surface area contributed by atoms with E-state index in [1.807, 2.05) is 56.3 Å². The molecule has 1 aliphatic heterocycles. The lowest BCUT2D eigenvalue weighted by Crippen LogP contribution is -2.27. The molecule has 0 saturated carbocycles. The number of nitrogens with zero attached hydrogens (tertiary/aromatic N) is 5. The average molecular weight is 648 g/mol. The number of likely N-dealkylation sites (N-methyl/N-ethyl adjacent to an activating group) is 1. The number of rotatable bonds is 12. The molecule has 9 nitrogen and oxygen atoms in total. The van der Waals surface area contributed by atoms with Gasteiger partial charge in [-0.1, -0.05) is 12.1 Å². The third-order valence-electron chi connectivity index (χ3n) is 8.45. The van der Waals surface area contributed by atoms with Crippen molar-refractivity contribution in [1.29, 1.82) is 0 Å². The van der Waals surface area contributed by atoms with Crippen molar-refractivity contribution in [2.45, 2.75) is 26.7 Å². The molecule has 2 aromatic carbocycles. The Bertz CT molecular complexity index is 1950. The van der Waals surface area contributed by atoms with Crippen molar-refractivity contribution < 1.29 is 13.9 Å². The van der Waals surface area contributed by atoms with E-state index >= 15 is 0 Å². The molecule has 0 atom stereocenters. The number of aliphatic imine (C=N–C) groups is 1. The van der Waals surface area contributed by atoms with Gasteiger partial charge in [0.05, 0.1) is 35.5 Å². The number of fused-ring (bicyclic) bond motifs is 1. The molecule has 1 fully saturated rings. The van der Waals surface area contributed by atoms with Crippen LogP contribution in [0.4, 0.5) is 10.1 Å². The molecular formula is C38H42FN7O2. The van der Waals surface area contributed by atoms with E-state index in [4.69, 9.17) is 9.73 Å². The molecule has 248 valence electrons. The van der Waals surface area contributed by atoms with Crippen LogP contribution in [0.25, 0.3) is 33.3 Å². The monoisotopic (exact) mass is 647 g/mol. The molecule has 3 aromatic heterocycles. The van der Waals surface area contributed by atoms with Crippen molar-refractivity contribution in [2.75, 3.05) is 58.7 Å². The lowest BCUT2D eigenvalue weighted by molar-refractivity contribution is -0.116. The largest absolute Gasteiger partial charge is 0.492 e. The maximum Gasteiger partial charge on any atom is 0.238 e. The summed E-state index contributed by atoms with van der Waals surface area (Å²) in [6.07, 6.45) is 7.61. The Balaban J connectivity index is 1.31. The second kappa shape index (κ2) is 14.9. The normalized spacial score (nSPS) is 13.8. The molecule has 10 heteroatoms. The summed E-state index contributed by atoms with van der Waals surface area (Å²) in [7, 11) is 3.71. The summed E-state index contributed by atoms with van der Waals surface area (Å²) in [4.78, 5) is 34.1. The molecule has 48 heavy (non-hydrogen) atoms. The Morgan fingerprint density at radius 1 is 1.04 bits per heavy atom. The molecule has 2 N–H and O–H groups in total. The smallest absolute Gasteiger partial charge is 0.238 e. The molecule has 0 spiro atoms. The summed E-state index contributed by atoms with van der Waals surface area (Å²) in [5.41, 5.74) is 8.34. The number of pyridine rings is 2. The summed E-state index contributed by atoms with van der Waals surface area (Å²) in [6.45, 7) is 8.46. The van der Waals surface area contributed by atoms with Crippen LogP contribution in [0, 0.1) is 12.7 Å². The Hall–Kier alpha value is -4.93. The molecule has 1 saturated heterocycles. The van der Waals surface area contributed by atoms with Gasteiger partial charge in [0.2, 0.25) is 5.91 Å². The molecule has 6 rings (SSSR count). The first-order chi connectivity index (χ1) is 23.3. The number of hydrogen-bond donors (Lipinski definition) is 2. The third-order valence-corrected chi connectivity index (χ3v) is 8.45. The number of halogens is 1. The molecule has 0 bridgehead atoms. The molecule has 1 aliphatic rings. The number of ether oxygens (including phenoxy) is 1. The van der Waals surface area contributed by atoms with Crippen LogP contribution in [0.1, 0.15) is 36.6 Å². The van der Waals surface area contributed by atoms with Crippen LogP contribution < -0.4 is 10.1 Å². The number of aromatic amines is 1. The third kappa shape index (κ3) is 7.78. The maximum absolute atomic E-state index is 14.9. The van der Waals surface area contributed by atoms with E-state index in [2.05, 4.69) is 44.2 Å². The van der Waals surface area contributed by atoms with Gasteiger partial charge >= 0.3 is 0 Å². The van der Waals surface area contributed by atoms with Crippen molar-refractivity contribution in [1.82, 2.24) is 24.8 Å². The van der Waals surface area contributed by atoms with Gasteiger partial charge < -0.3 is 19.9 Å². The summed E-state index contributed by atoms with van der Waals surface area (Å²) in [6, 6.07) is 16.9. The first kappa shape index (κ1) is 33.0. The number of nitrogens with one attached hydrogen (secondary N) is 2. The maximum atomic E-state index is 14.9. The van der Waals surface area contributed by atoms with Crippen LogP contribution in [0.3, 0.4) is 0 Å². The van der Waals surface area contributed by atoms with Gasteiger partial charge in [0.15, 0.2) is 0 Å². The molecule has 4 heterocycles. The Labute approximate surface area is 280 Å². The zero-order valence-corrected chi connectivity index (χ0v) is 28.0.